The first kappa shape index (κ1) is 15.4. The van der Waals surface area contributed by atoms with E-state index in [1.165, 1.54) is 6.07 Å². The van der Waals surface area contributed by atoms with Gasteiger partial charge in [0.2, 0.25) is 0 Å². The summed E-state index contributed by atoms with van der Waals surface area (Å²) in [5, 5.41) is 12.0. The van der Waals surface area contributed by atoms with Crippen LogP contribution in [0.2, 0.25) is 5.02 Å². The number of aliphatic hydroxyl groups is 1. The fourth-order valence-electron chi connectivity index (χ4n) is 1.56. The predicted molar refractivity (Wildman–Crippen MR) is 70.3 cm³/mol. The van der Waals surface area contributed by atoms with Crippen molar-refractivity contribution >= 4 is 11.6 Å². The van der Waals surface area contributed by atoms with E-state index in [1.54, 1.807) is 12.1 Å². The molecule has 0 heterocycles. The Morgan fingerprint density at radius 2 is 2.22 bits per heavy atom. The summed E-state index contributed by atoms with van der Waals surface area (Å²) in [6.07, 6.45) is 0.860. The van der Waals surface area contributed by atoms with Crippen molar-refractivity contribution in [3.63, 3.8) is 0 Å². The topological polar surface area (TPSA) is 41.5 Å². The number of rotatable bonds is 8. The van der Waals surface area contributed by atoms with Gasteiger partial charge in [0.25, 0.3) is 0 Å². The summed E-state index contributed by atoms with van der Waals surface area (Å²) in [7, 11) is 0. The molecule has 0 fully saturated rings. The van der Waals surface area contributed by atoms with Crippen LogP contribution in [0.1, 0.15) is 24.9 Å². The molecule has 2 N–H and O–H groups in total. The molecule has 0 spiro atoms. The quantitative estimate of drug-likeness (QED) is 0.717. The Bertz CT molecular complexity index is 363. The third-order valence-corrected chi connectivity index (χ3v) is 2.88. The molecule has 0 aliphatic heterocycles. The standard InChI is InChI=1S/C13H19ClFNO2/c1-10(16-5-2-7-18-8-6-17)11-3-4-13(15)12(14)9-11/h3-4,9-10,16-17H,2,5-8H2,1H3. The molecule has 0 bridgehead atoms. The molecule has 0 radical (unpaired) electrons. The van der Waals surface area contributed by atoms with Crippen molar-refractivity contribution in [1.82, 2.24) is 5.32 Å². The van der Waals surface area contributed by atoms with E-state index in [0.717, 1.165) is 18.5 Å². The molecule has 0 aromatic heterocycles. The molecule has 0 aliphatic rings. The van der Waals surface area contributed by atoms with E-state index in [2.05, 4.69) is 5.32 Å². The number of aliphatic hydroxyl groups excluding tert-OH is 1. The van der Waals surface area contributed by atoms with E-state index < -0.39 is 5.82 Å². The summed E-state index contributed by atoms with van der Waals surface area (Å²) in [6.45, 7) is 3.84. The number of nitrogens with one attached hydrogen (secondary N) is 1. The summed E-state index contributed by atoms with van der Waals surface area (Å²) in [6, 6.07) is 4.85. The number of hydrogen-bond acceptors (Lipinski definition) is 3. The maximum absolute atomic E-state index is 13.0. The van der Waals surface area contributed by atoms with Gasteiger partial charge in [0, 0.05) is 12.6 Å². The normalized spacial score (nSPS) is 12.7. The van der Waals surface area contributed by atoms with Gasteiger partial charge >= 0.3 is 0 Å². The highest BCUT2D eigenvalue weighted by molar-refractivity contribution is 6.30. The first-order valence-electron chi connectivity index (χ1n) is 6.02. The van der Waals surface area contributed by atoms with E-state index in [-0.39, 0.29) is 17.7 Å². The second-order valence-corrected chi connectivity index (χ2v) is 4.45. The smallest absolute Gasteiger partial charge is 0.141 e. The molecule has 0 saturated heterocycles. The first-order valence-corrected chi connectivity index (χ1v) is 6.40. The number of hydrogen-bond donors (Lipinski definition) is 2. The maximum Gasteiger partial charge on any atom is 0.141 e. The Balaban J connectivity index is 2.27. The fraction of sp³-hybridized carbons (Fsp3) is 0.538. The SMILES string of the molecule is CC(NCCCOCCO)c1ccc(F)c(Cl)c1. The van der Waals surface area contributed by atoms with Gasteiger partial charge in [-0.25, -0.2) is 4.39 Å². The van der Waals surface area contributed by atoms with Gasteiger partial charge in [0.15, 0.2) is 0 Å². The molecule has 0 saturated carbocycles. The first-order chi connectivity index (χ1) is 8.65. The molecule has 18 heavy (non-hydrogen) atoms. The minimum atomic E-state index is -0.398. The fourth-order valence-corrected chi connectivity index (χ4v) is 1.75. The van der Waals surface area contributed by atoms with Gasteiger partial charge in [-0.15, -0.1) is 0 Å². The Morgan fingerprint density at radius 1 is 1.44 bits per heavy atom. The molecule has 0 amide bonds. The van der Waals surface area contributed by atoms with Gasteiger partial charge in [-0.1, -0.05) is 17.7 Å². The summed E-state index contributed by atoms with van der Waals surface area (Å²) in [5.74, 6) is -0.398. The maximum atomic E-state index is 13.0. The van der Waals surface area contributed by atoms with Crippen molar-refractivity contribution in [3.05, 3.63) is 34.6 Å². The van der Waals surface area contributed by atoms with Gasteiger partial charge in [-0.3, -0.25) is 0 Å². The third kappa shape index (κ3) is 5.31. The highest BCUT2D eigenvalue weighted by Gasteiger charge is 2.07. The average Bonchev–Trinajstić information content (AvgIpc) is 2.36. The summed E-state index contributed by atoms with van der Waals surface area (Å²) >= 11 is 5.73. The van der Waals surface area contributed by atoms with Crippen LogP contribution in [0.4, 0.5) is 4.39 Å². The molecule has 1 atom stereocenters. The van der Waals surface area contributed by atoms with Crippen LogP contribution in [-0.4, -0.2) is 31.5 Å². The Morgan fingerprint density at radius 3 is 2.89 bits per heavy atom. The lowest BCUT2D eigenvalue weighted by molar-refractivity contribution is 0.0904. The van der Waals surface area contributed by atoms with E-state index >= 15 is 0 Å². The van der Waals surface area contributed by atoms with Crippen molar-refractivity contribution in [2.24, 2.45) is 0 Å². The summed E-state index contributed by atoms with van der Waals surface area (Å²) < 4.78 is 18.1. The molecule has 0 aliphatic carbocycles. The second kappa shape index (κ2) is 8.43. The minimum absolute atomic E-state index is 0.0535. The van der Waals surface area contributed by atoms with E-state index in [1.807, 2.05) is 6.92 Å². The van der Waals surface area contributed by atoms with Crippen molar-refractivity contribution in [2.75, 3.05) is 26.4 Å². The average molecular weight is 276 g/mol. The molecule has 1 aromatic rings. The molecule has 1 unspecified atom stereocenters. The van der Waals surface area contributed by atoms with Crippen molar-refractivity contribution in [1.29, 1.82) is 0 Å². The van der Waals surface area contributed by atoms with E-state index in [0.29, 0.717) is 13.2 Å². The largest absolute Gasteiger partial charge is 0.394 e. The summed E-state index contributed by atoms with van der Waals surface area (Å²) in [4.78, 5) is 0. The lowest BCUT2D eigenvalue weighted by Gasteiger charge is -2.14. The van der Waals surface area contributed by atoms with Crippen molar-refractivity contribution < 1.29 is 14.2 Å². The van der Waals surface area contributed by atoms with Gasteiger partial charge in [-0.05, 0) is 37.6 Å². The summed E-state index contributed by atoms with van der Waals surface area (Å²) in [5.41, 5.74) is 0.956. The second-order valence-electron chi connectivity index (χ2n) is 4.04. The van der Waals surface area contributed by atoms with Crippen LogP contribution in [0.3, 0.4) is 0 Å². The highest BCUT2D eigenvalue weighted by Crippen LogP contribution is 2.20. The molecule has 1 aromatic carbocycles. The Kier molecular flexibility index (Phi) is 7.20. The van der Waals surface area contributed by atoms with Crippen LogP contribution in [0.25, 0.3) is 0 Å². The van der Waals surface area contributed by atoms with Crippen LogP contribution in [0.15, 0.2) is 18.2 Å². The zero-order chi connectivity index (χ0) is 13.4. The van der Waals surface area contributed by atoms with Crippen LogP contribution in [-0.2, 0) is 4.74 Å². The van der Waals surface area contributed by atoms with Crippen molar-refractivity contribution in [2.45, 2.75) is 19.4 Å². The van der Waals surface area contributed by atoms with Crippen LogP contribution in [0.5, 0.6) is 0 Å². The lowest BCUT2D eigenvalue weighted by Crippen LogP contribution is -2.21. The molecule has 5 heteroatoms. The molecular formula is C13H19ClFNO2. The monoisotopic (exact) mass is 275 g/mol. The third-order valence-electron chi connectivity index (χ3n) is 2.60. The number of halogens is 2. The van der Waals surface area contributed by atoms with Crippen LogP contribution < -0.4 is 5.32 Å². The lowest BCUT2D eigenvalue weighted by atomic mass is 10.1. The number of ether oxygens (including phenoxy) is 1. The van der Waals surface area contributed by atoms with Crippen molar-refractivity contribution in [3.8, 4) is 0 Å². The Hall–Kier alpha value is -0.680. The van der Waals surface area contributed by atoms with Gasteiger partial charge in [-0.2, -0.15) is 0 Å². The zero-order valence-corrected chi connectivity index (χ0v) is 11.2. The predicted octanol–water partition coefficient (Wildman–Crippen LogP) is 2.53. The van der Waals surface area contributed by atoms with E-state index in [9.17, 15) is 4.39 Å². The minimum Gasteiger partial charge on any atom is -0.394 e. The van der Waals surface area contributed by atoms with Crippen LogP contribution >= 0.6 is 11.6 Å². The molecule has 1 rings (SSSR count). The molecule has 102 valence electrons. The van der Waals surface area contributed by atoms with Gasteiger partial charge < -0.3 is 15.2 Å². The zero-order valence-electron chi connectivity index (χ0n) is 10.5. The molecule has 3 nitrogen and oxygen atoms in total. The van der Waals surface area contributed by atoms with Gasteiger partial charge in [0.05, 0.1) is 18.2 Å². The highest BCUT2D eigenvalue weighted by atomic mass is 35.5. The van der Waals surface area contributed by atoms with Gasteiger partial charge in [0.1, 0.15) is 5.82 Å². The number of benzene rings is 1. The van der Waals surface area contributed by atoms with Crippen LogP contribution in [0, 0.1) is 5.82 Å². The van der Waals surface area contributed by atoms with E-state index in [4.69, 9.17) is 21.4 Å². The Labute approximate surface area is 112 Å². The molecular weight excluding hydrogens is 257 g/mol.